The maximum atomic E-state index is 8.22. The number of aliphatic hydroxyl groups excluding tert-OH is 2. The van der Waals surface area contributed by atoms with E-state index in [0.29, 0.717) is 0 Å². The smallest absolute Gasteiger partial charge is 0.0662 e. The molecule has 0 aliphatic heterocycles. The van der Waals surface area contributed by atoms with Gasteiger partial charge in [0, 0.05) is 0 Å². The van der Waals surface area contributed by atoms with Crippen LogP contribution in [-0.4, -0.2) is 23.4 Å². The molecule has 0 unspecified atom stereocenters. The largest absolute Gasteiger partial charge is 0.395 e. The lowest BCUT2D eigenvalue weighted by Crippen LogP contribution is -2.06. The quantitative estimate of drug-likeness (QED) is 0.447. The van der Waals surface area contributed by atoms with Gasteiger partial charge in [-0.05, 0) is 0 Å². The van der Waals surface area contributed by atoms with E-state index in [1.807, 2.05) is 0 Å². The van der Waals surface area contributed by atoms with Crippen LogP contribution in [0.5, 0.6) is 0 Å². The highest BCUT2D eigenvalue weighted by atomic mass is 16.3. The fourth-order valence-electron chi connectivity index (χ4n) is 0.163. The molecule has 0 fully saturated rings. The number of terminal acetylenes is 1. The molecule has 0 rings (SSSR count). The fourth-order valence-corrected chi connectivity index (χ4v) is 0.163. The fraction of sp³-hybridized carbons (Fsp3) is 0.600. The molecule has 0 saturated heterocycles. The maximum Gasteiger partial charge on any atom is 0.0662 e. The average molecular weight is 100 g/mol. The average Bonchev–Trinajstić information content (AvgIpc) is 1.72. The van der Waals surface area contributed by atoms with Crippen LogP contribution in [0.3, 0.4) is 0 Å². The minimum absolute atomic E-state index is 0.132. The van der Waals surface area contributed by atoms with Crippen molar-refractivity contribution >= 4 is 0 Å². The Kier molecular flexibility index (Phi) is 3.39. The van der Waals surface area contributed by atoms with Crippen molar-refractivity contribution in [2.45, 2.75) is 0 Å². The Balaban J connectivity index is 3.23. The van der Waals surface area contributed by atoms with Crippen molar-refractivity contribution in [1.82, 2.24) is 0 Å². The van der Waals surface area contributed by atoms with E-state index >= 15 is 0 Å². The Morgan fingerprint density at radius 3 is 1.86 bits per heavy atom. The van der Waals surface area contributed by atoms with Crippen LogP contribution in [0.2, 0.25) is 0 Å². The molecule has 0 heterocycles. The van der Waals surface area contributed by atoms with Gasteiger partial charge in [-0.25, -0.2) is 0 Å². The molecule has 0 radical (unpaired) electrons. The predicted octanol–water partition coefficient (Wildman–Crippen LogP) is -0.780. The highest BCUT2D eigenvalue weighted by Gasteiger charge is 1.96. The molecular weight excluding hydrogens is 92.1 g/mol. The zero-order chi connectivity index (χ0) is 5.70. The maximum absolute atomic E-state index is 8.22. The topological polar surface area (TPSA) is 40.5 Å². The molecule has 2 nitrogen and oxygen atoms in total. The molecule has 0 aromatic carbocycles. The number of rotatable bonds is 2. The van der Waals surface area contributed by atoms with E-state index in [1.165, 1.54) is 0 Å². The number of hydrogen-bond acceptors (Lipinski definition) is 2. The van der Waals surface area contributed by atoms with Crippen molar-refractivity contribution < 1.29 is 10.2 Å². The summed E-state index contributed by atoms with van der Waals surface area (Å²) in [6, 6.07) is 0. The summed E-state index contributed by atoms with van der Waals surface area (Å²) in [5.74, 6) is 1.83. The highest BCUT2D eigenvalue weighted by Crippen LogP contribution is 1.86. The first-order valence-electron chi connectivity index (χ1n) is 2.03. The Morgan fingerprint density at radius 1 is 1.43 bits per heavy atom. The van der Waals surface area contributed by atoms with E-state index in [4.69, 9.17) is 16.6 Å². The van der Waals surface area contributed by atoms with Crippen molar-refractivity contribution in [3.63, 3.8) is 0 Å². The summed E-state index contributed by atoms with van der Waals surface area (Å²) < 4.78 is 0. The summed E-state index contributed by atoms with van der Waals surface area (Å²) in [4.78, 5) is 0. The SMILES string of the molecule is C#CC(CO)CO. The van der Waals surface area contributed by atoms with Gasteiger partial charge in [0.1, 0.15) is 0 Å². The molecule has 0 aromatic heterocycles. The zero-order valence-corrected chi connectivity index (χ0v) is 3.96. The van der Waals surface area contributed by atoms with Crippen LogP contribution in [0.1, 0.15) is 0 Å². The first-order valence-corrected chi connectivity index (χ1v) is 2.03. The summed E-state index contributed by atoms with van der Waals surface area (Å²) >= 11 is 0. The van der Waals surface area contributed by atoms with E-state index in [0.717, 1.165) is 0 Å². The van der Waals surface area contributed by atoms with Gasteiger partial charge in [-0.1, -0.05) is 5.92 Å². The number of hydrogen-bond donors (Lipinski definition) is 2. The highest BCUT2D eigenvalue weighted by molar-refractivity contribution is 4.91. The molecule has 0 atom stereocenters. The lowest BCUT2D eigenvalue weighted by atomic mass is 10.2. The Morgan fingerprint density at radius 2 is 1.86 bits per heavy atom. The van der Waals surface area contributed by atoms with Gasteiger partial charge in [0.15, 0.2) is 0 Å². The summed E-state index contributed by atoms with van der Waals surface area (Å²) in [6.45, 7) is -0.264. The van der Waals surface area contributed by atoms with E-state index in [9.17, 15) is 0 Å². The van der Waals surface area contributed by atoms with Gasteiger partial charge in [0.2, 0.25) is 0 Å². The van der Waals surface area contributed by atoms with Crippen molar-refractivity contribution in [2.75, 3.05) is 13.2 Å². The molecular formula is C5H8O2. The minimum atomic E-state index is -0.375. The molecule has 0 saturated carbocycles. The van der Waals surface area contributed by atoms with Crippen LogP contribution in [0, 0.1) is 18.3 Å². The van der Waals surface area contributed by atoms with E-state index in [2.05, 4.69) is 5.92 Å². The Hall–Kier alpha value is -0.520. The molecule has 7 heavy (non-hydrogen) atoms. The van der Waals surface area contributed by atoms with Crippen LogP contribution in [0.15, 0.2) is 0 Å². The first kappa shape index (κ1) is 6.48. The van der Waals surface area contributed by atoms with Gasteiger partial charge in [0.05, 0.1) is 19.1 Å². The number of aliphatic hydroxyl groups is 2. The van der Waals surface area contributed by atoms with Crippen molar-refractivity contribution in [3.8, 4) is 12.3 Å². The van der Waals surface area contributed by atoms with Crippen LogP contribution >= 0.6 is 0 Å². The van der Waals surface area contributed by atoms with Gasteiger partial charge in [-0.3, -0.25) is 0 Å². The van der Waals surface area contributed by atoms with Crippen LogP contribution in [-0.2, 0) is 0 Å². The normalized spacial score (nSPS) is 8.86. The molecule has 0 aromatic rings. The second kappa shape index (κ2) is 3.66. The van der Waals surface area contributed by atoms with Crippen molar-refractivity contribution in [2.24, 2.45) is 5.92 Å². The van der Waals surface area contributed by atoms with E-state index < -0.39 is 0 Å². The third-order valence-electron chi connectivity index (χ3n) is 0.676. The second-order valence-electron chi connectivity index (χ2n) is 1.23. The summed E-state index contributed by atoms with van der Waals surface area (Å²) in [5, 5.41) is 16.4. The van der Waals surface area contributed by atoms with Gasteiger partial charge in [0.25, 0.3) is 0 Å². The third kappa shape index (κ3) is 2.21. The molecule has 2 heteroatoms. The first-order chi connectivity index (χ1) is 3.35. The van der Waals surface area contributed by atoms with Gasteiger partial charge < -0.3 is 10.2 Å². The molecule has 0 amide bonds. The minimum Gasteiger partial charge on any atom is -0.395 e. The van der Waals surface area contributed by atoms with Crippen LogP contribution in [0.25, 0.3) is 0 Å². The Bertz CT molecular complexity index is 68.6. The molecule has 0 bridgehead atoms. The Labute approximate surface area is 42.8 Å². The van der Waals surface area contributed by atoms with Gasteiger partial charge in [-0.2, -0.15) is 0 Å². The van der Waals surface area contributed by atoms with Crippen molar-refractivity contribution in [3.05, 3.63) is 0 Å². The van der Waals surface area contributed by atoms with E-state index in [1.54, 1.807) is 0 Å². The monoisotopic (exact) mass is 100 g/mol. The third-order valence-corrected chi connectivity index (χ3v) is 0.676. The molecule has 0 aliphatic carbocycles. The van der Waals surface area contributed by atoms with Crippen LogP contribution in [0.4, 0.5) is 0 Å². The lowest BCUT2D eigenvalue weighted by Gasteiger charge is -1.97. The summed E-state index contributed by atoms with van der Waals surface area (Å²) in [6.07, 6.45) is 4.82. The zero-order valence-electron chi connectivity index (χ0n) is 3.96. The summed E-state index contributed by atoms with van der Waals surface area (Å²) in [7, 11) is 0. The summed E-state index contributed by atoms with van der Waals surface area (Å²) in [5.41, 5.74) is 0. The van der Waals surface area contributed by atoms with E-state index in [-0.39, 0.29) is 19.1 Å². The standard InChI is InChI=1S/C5H8O2/c1-2-5(3-6)4-7/h1,5-7H,3-4H2. The van der Waals surface area contributed by atoms with Gasteiger partial charge >= 0.3 is 0 Å². The molecule has 0 spiro atoms. The second-order valence-corrected chi connectivity index (χ2v) is 1.23. The van der Waals surface area contributed by atoms with Gasteiger partial charge in [-0.15, -0.1) is 6.42 Å². The predicted molar refractivity (Wildman–Crippen MR) is 26.5 cm³/mol. The molecule has 2 N–H and O–H groups in total. The molecule has 0 aliphatic rings. The van der Waals surface area contributed by atoms with Crippen molar-refractivity contribution in [1.29, 1.82) is 0 Å². The molecule has 40 valence electrons. The van der Waals surface area contributed by atoms with Crippen LogP contribution < -0.4 is 0 Å². The lowest BCUT2D eigenvalue weighted by molar-refractivity contribution is 0.183.